The molecule has 0 aliphatic heterocycles. The molecule has 0 aromatic rings. The molecule has 0 rings (SSSR count). The summed E-state index contributed by atoms with van der Waals surface area (Å²) in [5.74, 6) is 0. The van der Waals surface area contributed by atoms with E-state index in [4.69, 9.17) is 92.8 Å². The molecule has 0 aliphatic carbocycles. The lowest BCUT2D eigenvalue weighted by Gasteiger charge is -1.27. The van der Waals surface area contributed by atoms with Gasteiger partial charge >= 0.3 is 0 Å². The van der Waals surface area contributed by atoms with Gasteiger partial charge in [0.25, 0.3) is 0 Å². The van der Waals surface area contributed by atoms with Crippen molar-refractivity contribution in [2.24, 2.45) is 0 Å². The first-order chi connectivity index (χ1) is 11.3. The summed E-state index contributed by atoms with van der Waals surface area (Å²) >= 11 is 38.1. The molecule has 0 aliphatic rings. The molecule has 144 valence electrons. The topological polar surface area (TPSA) is 0 Å². The molecular weight excluding hydrogens is 476 g/mol. The van der Waals surface area contributed by atoms with Gasteiger partial charge in [0.15, 0.2) is 0 Å². The zero-order valence-electron chi connectivity index (χ0n) is 13.3. The van der Waals surface area contributed by atoms with Crippen molar-refractivity contribution < 1.29 is 0 Å². The minimum Gasteiger partial charge on any atom is -0.0936 e. The molecule has 0 atom stereocenters. The first-order valence-electron chi connectivity index (χ1n) is 5.01. The van der Waals surface area contributed by atoms with Crippen LogP contribution in [0.2, 0.25) is 0 Å². The van der Waals surface area contributed by atoms with Gasteiger partial charge in [0.05, 0.1) is 0 Å². The molecule has 0 fully saturated rings. The third-order valence-electron chi connectivity index (χ3n) is 0. The largest absolute Gasteiger partial charge is 0.0936 e. The lowest BCUT2D eigenvalue weighted by Crippen LogP contribution is -0.926. The lowest BCUT2D eigenvalue weighted by molar-refractivity contribution is 2.63. The average molecular weight is 500 g/mol. The van der Waals surface area contributed by atoms with Gasteiger partial charge in [-0.1, -0.05) is 145 Å². The van der Waals surface area contributed by atoms with Crippen molar-refractivity contribution in [2.75, 3.05) is 0 Å². The highest BCUT2D eigenvalue weighted by Crippen LogP contribution is 1.62. The second-order valence-electron chi connectivity index (χ2n) is 1.23. The third-order valence-corrected chi connectivity index (χ3v) is 0. The van der Waals surface area contributed by atoms with E-state index in [9.17, 15) is 0 Å². The molecule has 0 aromatic carbocycles. The Hall–Kier alpha value is 0.240. The van der Waals surface area contributed by atoms with Crippen molar-refractivity contribution >= 4 is 92.8 Å². The highest BCUT2D eigenvalue weighted by molar-refractivity contribution is 6.26. The fourth-order valence-corrected chi connectivity index (χ4v) is 0. The smallest absolute Gasteiger partial charge is 0.00296 e. The Morgan fingerprint density at radius 2 is 0.250 bits per heavy atom. The Balaban J connectivity index is -0.0000000203. The fourth-order valence-electron chi connectivity index (χ4n) is 0. The van der Waals surface area contributed by atoms with Crippen molar-refractivity contribution in [3.63, 3.8) is 0 Å². The van der Waals surface area contributed by atoms with E-state index in [2.05, 4.69) is 52.6 Å². The van der Waals surface area contributed by atoms with Crippen LogP contribution in [0, 0.1) is 0 Å². The quantitative estimate of drug-likeness (QED) is 0.311. The molecule has 8 heteroatoms. The van der Waals surface area contributed by atoms with Crippen LogP contribution in [0.15, 0.2) is 96.9 Å². The standard InChI is InChI=1S/8C2H3Cl/c8*1-2-3/h8*2H,1H2. The summed E-state index contributed by atoms with van der Waals surface area (Å²) in [6.07, 6.45) is 0. The maximum absolute atomic E-state index is 4.76. The molecule has 0 saturated heterocycles. The van der Waals surface area contributed by atoms with Crippen molar-refractivity contribution in [3.05, 3.63) is 96.9 Å². The highest BCUT2D eigenvalue weighted by atomic mass is 35.5. The molecule has 0 bridgehead atoms. The minimum atomic E-state index is 1.22. The monoisotopic (exact) mass is 496 g/mol. The van der Waals surface area contributed by atoms with E-state index in [0.717, 1.165) is 0 Å². The van der Waals surface area contributed by atoms with Crippen molar-refractivity contribution in [3.8, 4) is 0 Å². The maximum Gasteiger partial charge on any atom is -0.00296 e. The predicted molar refractivity (Wildman–Crippen MR) is 128 cm³/mol. The zero-order valence-corrected chi connectivity index (χ0v) is 19.3. The Labute approximate surface area is 188 Å². The summed E-state index contributed by atoms with van der Waals surface area (Å²) in [4.78, 5) is 0. The minimum absolute atomic E-state index is 1.22. The van der Waals surface area contributed by atoms with E-state index < -0.39 is 0 Å². The number of hydrogen-bond acceptors (Lipinski definition) is 0. The Kier molecular flexibility index (Phi) is 350. The summed E-state index contributed by atoms with van der Waals surface area (Å²) in [5, 5.41) is 0. The number of rotatable bonds is 0. The van der Waals surface area contributed by atoms with Gasteiger partial charge in [-0.15, -0.1) is 0 Å². The van der Waals surface area contributed by atoms with Gasteiger partial charge in [-0.3, -0.25) is 0 Å². The molecule has 0 heterocycles. The van der Waals surface area contributed by atoms with Crippen LogP contribution in [-0.2, 0) is 0 Å². The summed E-state index contributed by atoms with van der Waals surface area (Å²) in [7, 11) is 0. The van der Waals surface area contributed by atoms with Crippen molar-refractivity contribution in [2.45, 2.75) is 0 Å². The molecule has 24 heavy (non-hydrogen) atoms. The first kappa shape index (κ1) is 49.6. The van der Waals surface area contributed by atoms with E-state index >= 15 is 0 Å². The first-order valence-corrected chi connectivity index (χ1v) is 8.50. The highest BCUT2D eigenvalue weighted by Gasteiger charge is 1.20. The number of hydrogen-bond donors (Lipinski definition) is 0. The van der Waals surface area contributed by atoms with Crippen LogP contribution in [0.3, 0.4) is 0 Å². The third kappa shape index (κ3) is 174000. The van der Waals surface area contributed by atoms with Crippen molar-refractivity contribution in [1.29, 1.82) is 0 Å². The lowest BCUT2D eigenvalue weighted by atomic mass is 11.3. The summed E-state index contributed by atoms with van der Waals surface area (Å²) in [5.41, 5.74) is 9.78. The Bertz CT molecular complexity index is 154. The summed E-state index contributed by atoms with van der Waals surface area (Å²) in [6.45, 7) is 25.0. The Morgan fingerprint density at radius 3 is 0.250 bits per heavy atom. The van der Waals surface area contributed by atoms with Gasteiger partial charge in [0.2, 0.25) is 0 Å². The van der Waals surface area contributed by atoms with E-state index in [1.54, 1.807) is 0 Å². The SMILES string of the molecule is C=CCl.C=CCl.C=CCl.C=CCl.C=CCl.C=CCl.C=CCl.C=CCl. The maximum atomic E-state index is 4.76. The van der Waals surface area contributed by atoms with Crippen LogP contribution in [0.25, 0.3) is 0 Å². The summed E-state index contributed by atoms with van der Waals surface area (Å²) < 4.78 is 0. The van der Waals surface area contributed by atoms with Gasteiger partial charge in [0, 0.05) is 0 Å². The van der Waals surface area contributed by atoms with Crippen LogP contribution < -0.4 is 0 Å². The number of halogens is 8. The van der Waals surface area contributed by atoms with Crippen LogP contribution in [0.4, 0.5) is 0 Å². The normalized spacial score (nSPS) is 4.33. The molecule has 0 saturated carbocycles. The molecular formula is C16H24Cl8. The molecule has 0 amide bonds. The average Bonchev–Trinajstić information content (AvgIpc) is 2.45. The Morgan fingerprint density at radius 1 is 0.250 bits per heavy atom. The molecule has 0 radical (unpaired) electrons. The van der Waals surface area contributed by atoms with Gasteiger partial charge in [-0.2, -0.15) is 0 Å². The molecule has 0 nitrogen and oxygen atoms in total. The van der Waals surface area contributed by atoms with Gasteiger partial charge in [-0.05, 0) is 44.3 Å². The van der Waals surface area contributed by atoms with Gasteiger partial charge in [-0.25, -0.2) is 0 Å². The van der Waals surface area contributed by atoms with E-state index in [1.807, 2.05) is 0 Å². The van der Waals surface area contributed by atoms with Crippen LogP contribution in [0.1, 0.15) is 0 Å². The van der Waals surface area contributed by atoms with E-state index in [0.29, 0.717) is 0 Å². The van der Waals surface area contributed by atoms with Crippen molar-refractivity contribution in [1.82, 2.24) is 0 Å². The van der Waals surface area contributed by atoms with Gasteiger partial charge < -0.3 is 0 Å². The van der Waals surface area contributed by atoms with Crippen LogP contribution in [0.5, 0.6) is 0 Å². The van der Waals surface area contributed by atoms with Gasteiger partial charge in [0.1, 0.15) is 0 Å². The molecule has 0 spiro atoms. The predicted octanol–water partition coefficient (Wildman–Crippen LogP) is 10.9. The fraction of sp³-hybridized carbons (Fsp3) is 0. The summed E-state index contributed by atoms with van der Waals surface area (Å²) in [6, 6.07) is 0. The van der Waals surface area contributed by atoms with E-state index in [-0.39, 0.29) is 0 Å². The second-order valence-corrected chi connectivity index (χ2v) is 3.70. The molecule has 0 unspecified atom stereocenters. The second kappa shape index (κ2) is 169. The zero-order chi connectivity index (χ0) is 21.7. The van der Waals surface area contributed by atoms with Crippen LogP contribution >= 0.6 is 92.8 Å². The van der Waals surface area contributed by atoms with Crippen LogP contribution in [-0.4, -0.2) is 0 Å². The molecule has 0 aromatic heterocycles. The molecule has 0 N–H and O–H groups in total. The van der Waals surface area contributed by atoms with E-state index in [1.165, 1.54) is 44.3 Å².